The molecule has 1 fully saturated rings. The van der Waals surface area contributed by atoms with E-state index in [0.717, 1.165) is 41.4 Å². The third-order valence-corrected chi connectivity index (χ3v) is 7.50. The highest BCUT2D eigenvalue weighted by Gasteiger charge is 2.43. The summed E-state index contributed by atoms with van der Waals surface area (Å²) in [6.07, 6.45) is 1.71. The highest BCUT2D eigenvalue weighted by molar-refractivity contribution is 6.15. The summed E-state index contributed by atoms with van der Waals surface area (Å²) in [6, 6.07) is 9.06. The molecule has 5 rings (SSSR count). The second-order valence-corrected chi connectivity index (χ2v) is 11.4. The van der Waals surface area contributed by atoms with E-state index in [1.54, 1.807) is 6.07 Å². The first-order valence-electron chi connectivity index (χ1n) is 14.0. The van der Waals surface area contributed by atoms with Gasteiger partial charge in [-0.05, 0) is 75.4 Å². The molecule has 13 heteroatoms. The Morgan fingerprint density at radius 2 is 1.79 bits per heavy atom. The van der Waals surface area contributed by atoms with Crippen molar-refractivity contribution in [1.29, 1.82) is 0 Å². The van der Waals surface area contributed by atoms with Crippen molar-refractivity contribution in [3.8, 4) is 5.75 Å². The molecule has 0 amide bonds. The molecule has 1 N–H and O–H groups in total. The van der Waals surface area contributed by atoms with Crippen LogP contribution in [0.15, 0.2) is 48.8 Å². The van der Waals surface area contributed by atoms with E-state index in [1.807, 2.05) is 24.3 Å². The molecule has 226 valence electrons. The van der Waals surface area contributed by atoms with E-state index in [9.17, 15) is 18.3 Å². The second-order valence-electron chi connectivity index (χ2n) is 11.1. The van der Waals surface area contributed by atoms with Gasteiger partial charge in [0.2, 0.25) is 0 Å². The Morgan fingerprint density at radius 3 is 2.48 bits per heavy atom. The van der Waals surface area contributed by atoms with Gasteiger partial charge in [-0.2, -0.15) is 18.3 Å². The number of para-hydroxylation sites is 1. The Bertz CT molecular complexity index is 1390. The van der Waals surface area contributed by atoms with Crippen molar-refractivity contribution in [2.75, 3.05) is 26.2 Å². The minimum Gasteiger partial charge on any atom is -0.493 e. The first-order chi connectivity index (χ1) is 20.0. The van der Waals surface area contributed by atoms with Crippen LogP contribution in [0.5, 0.6) is 5.75 Å². The predicted molar refractivity (Wildman–Crippen MR) is 151 cm³/mol. The number of benzene rings is 1. The predicted octanol–water partition coefficient (Wildman–Crippen LogP) is 5.73. The molecule has 2 aliphatic heterocycles. The summed E-state index contributed by atoms with van der Waals surface area (Å²) in [5.74, 6) is 0.793. The lowest BCUT2D eigenvalue weighted by Crippen LogP contribution is -2.23. The van der Waals surface area contributed by atoms with Gasteiger partial charge in [-0.25, -0.2) is 9.97 Å². The molecular formula is C29H34ClF3N6O3. The summed E-state index contributed by atoms with van der Waals surface area (Å²) in [6.45, 7) is 6.54. The maximum atomic E-state index is 14.0. The largest absolute Gasteiger partial charge is 0.493 e. The fourth-order valence-electron chi connectivity index (χ4n) is 5.15. The number of hydrogen-bond acceptors (Lipinski definition) is 8. The molecule has 1 aromatic carbocycles. The zero-order valence-electron chi connectivity index (χ0n) is 23.5. The van der Waals surface area contributed by atoms with E-state index >= 15 is 0 Å². The Morgan fingerprint density at radius 1 is 1.07 bits per heavy atom. The number of ether oxygens (including phenoxy) is 1. The van der Waals surface area contributed by atoms with Gasteiger partial charge in [-0.15, -0.1) is 0 Å². The second kappa shape index (κ2) is 12.6. The lowest BCUT2D eigenvalue weighted by Gasteiger charge is -2.21. The number of hydrogen-bond donors (Lipinski definition) is 1. The Labute approximate surface area is 247 Å². The minimum absolute atomic E-state index is 0.00227. The molecule has 0 radical (unpaired) electrons. The van der Waals surface area contributed by atoms with E-state index in [4.69, 9.17) is 21.4 Å². The lowest BCUT2D eigenvalue weighted by atomic mass is 9.96. The fourth-order valence-corrected chi connectivity index (χ4v) is 5.42. The van der Waals surface area contributed by atoms with E-state index in [-0.39, 0.29) is 30.2 Å². The smallest absolute Gasteiger partial charge is 0.433 e. The number of alkyl halides is 3. The van der Waals surface area contributed by atoms with Gasteiger partial charge >= 0.3 is 6.18 Å². The van der Waals surface area contributed by atoms with Crippen molar-refractivity contribution in [3.05, 3.63) is 71.6 Å². The van der Waals surface area contributed by atoms with Crippen LogP contribution in [0.3, 0.4) is 0 Å². The number of likely N-dealkylation sites (tertiary alicyclic amines) is 1. The van der Waals surface area contributed by atoms with Crippen LogP contribution in [-0.4, -0.2) is 66.2 Å². The first-order valence-corrected chi connectivity index (χ1v) is 14.3. The van der Waals surface area contributed by atoms with Crippen LogP contribution >= 0.6 is 11.8 Å². The topological polar surface area (TPSA) is 88.8 Å². The van der Waals surface area contributed by atoms with Crippen molar-refractivity contribution in [1.82, 2.24) is 29.2 Å². The number of aliphatic hydroxyl groups is 1. The van der Waals surface area contributed by atoms with E-state index in [2.05, 4.69) is 20.0 Å². The van der Waals surface area contributed by atoms with Gasteiger partial charge in [-0.1, -0.05) is 18.2 Å². The molecule has 0 bridgehead atoms. The molecule has 1 atom stereocenters. The van der Waals surface area contributed by atoms with Crippen molar-refractivity contribution in [2.45, 2.75) is 63.9 Å². The summed E-state index contributed by atoms with van der Waals surface area (Å²) >= 11 is 6.64. The molecule has 3 aromatic rings. The number of aromatic nitrogens is 4. The number of nitrogens with zero attached hydrogens (tertiary/aromatic N) is 6. The molecule has 2 aliphatic rings. The van der Waals surface area contributed by atoms with Gasteiger partial charge < -0.3 is 19.6 Å². The minimum atomic E-state index is -4.69. The molecule has 2 aromatic heterocycles. The van der Waals surface area contributed by atoms with E-state index in [1.165, 1.54) is 39.1 Å². The normalized spacial score (nSPS) is 18.6. The number of rotatable bonds is 11. The molecule has 0 saturated carbocycles. The van der Waals surface area contributed by atoms with Gasteiger partial charge in [0, 0.05) is 42.8 Å². The number of aryl methyl sites for hydroxylation is 1. The van der Waals surface area contributed by atoms with Gasteiger partial charge in [0.1, 0.15) is 23.2 Å². The van der Waals surface area contributed by atoms with Gasteiger partial charge in [0.25, 0.3) is 0 Å². The van der Waals surface area contributed by atoms with Crippen molar-refractivity contribution in [2.24, 2.45) is 0 Å². The Kier molecular flexibility index (Phi) is 9.07. The highest BCUT2D eigenvalue weighted by atomic mass is 35.5. The quantitative estimate of drug-likeness (QED) is 0.219. The SMILES string of the molecule is CC(C)(O)CCn1nc(C2=C(c3ncccn3)C(c3ccccc3OCCCN3CCCC3)N(Cl)O2)cc1C(F)(F)F. The summed E-state index contributed by atoms with van der Waals surface area (Å²) in [4.78, 5) is 17.1. The maximum Gasteiger partial charge on any atom is 0.433 e. The Hall–Kier alpha value is -3.19. The lowest BCUT2D eigenvalue weighted by molar-refractivity contribution is -0.144. The van der Waals surface area contributed by atoms with E-state index in [0.29, 0.717) is 23.5 Å². The molecule has 9 nitrogen and oxygen atoms in total. The average Bonchev–Trinajstić information content (AvgIpc) is 3.69. The summed E-state index contributed by atoms with van der Waals surface area (Å²) in [7, 11) is 0. The average molecular weight is 607 g/mol. The summed E-state index contributed by atoms with van der Waals surface area (Å²) in [5.41, 5.74) is -1.25. The van der Waals surface area contributed by atoms with Crippen LogP contribution in [0.25, 0.3) is 11.3 Å². The summed E-state index contributed by atoms with van der Waals surface area (Å²) < 4.78 is 50.2. The molecule has 1 saturated heterocycles. The van der Waals surface area contributed by atoms with Gasteiger partial charge in [0.05, 0.1) is 17.8 Å². The maximum absolute atomic E-state index is 14.0. The highest BCUT2D eigenvalue weighted by Crippen LogP contribution is 2.49. The molecule has 0 aliphatic carbocycles. The third kappa shape index (κ3) is 7.05. The molecular weight excluding hydrogens is 573 g/mol. The molecule has 0 spiro atoms. The zero-order valence-corrected chi connectivity index (χ0v) is 24.3. The first kappa shape index (κ1) is 30.3. The monoisotopic (exact) mass is 606 g/mol. The summed E-state index contributed by atoms with van der Waals surface area (Å²) in [5, 5.41) is 14.4. The van der Waals surface area contributed by atoms with Crippen LogP contribution in [0.2, 0.25) is 0 Å². The van der Waals surface area contributed by atoms with Crippen LogP contribution in [0.1, 0.15) is 68.3 Å². The standard InChI is InChI=1S/C29H34ClF3N6O3/c1-28(2,40)11-17-38-23(29(31,32)33)19-21(36-38)26-24(27-34-12-7-13-35-27)25(39(30)42-26)20-9-3-4-10-22(20)41-18-8-16-37-14-5-6-15-37/h3-4,7,9-10,12-13,19,25,40H,5-6,8,11,14-18H2,1-2H3. The van der Waals surface area contributed by atoms with Crippen LogP contribution < -0.4 is 4.74 Å². The molecule has 4 heterocycles. The van der Waals surface area contributed by atoms with Crippen molar-refractivity contribution < 1.29 is 27.9 Å². The van der Waals surface area contributed by atoms with E-state index < -0.39 is 23.5 Å². The van der Waals surface area contributed by atoms with Crippen LogP contribution in [-0.2, 0) is 17.6 Å². The molecule has 42 heavy (non-hydrogen) atoms. The number of hydroxylamine groups is 1. The van der Waals surface area contributed by atoms with Crippen molar-refractivity contribution >= 4 is 23.1 Å². The fraction of sp³-hybridized carbons (Fsp3) is 0.483. The Balaban J connectivity index is 1.51. The van der Waals surface area contributed by atoms with Crippen LogP contribution in [0, 0.1) is 0 Å². The van der Waals surface area contributed by atoms with Crippen molar-refractivity contribution in [3.63, 3.8) is 0 Å². The third-order valence-electron chi connectivity index (χ3n) is 7.23. The van der Waals surface area contributed by atoms with Gasteiger partial charge in [0.15, 0.2) is 11.6 Å². The van der Waals surface area contributed by atoms with Crippen LogP contribution in [0.4, 0.5) is 13.2 Å². The number of halogens is 4. The van der Waals surface area contributed by atoms with Gasteiger partial charge in [-0.3, -0.25) is 4.68 Å². The zero-order chi connectivity index (χ0) is 29.9. The molecule has 1 unspecified atom stereocenters.